The summed E-state index contributed by atoms with van der Waals surface area (Å²) in [5, 5.41) is 11.0. The van der Waals surface area contributed by atoms with Gasteiger partial charge in [-0.05, 0) is 30.3 Å². The van der Waals surface area contributed by atoms with Gasteiger partial charge in [0.1, 0.15) is 5.82 Å². The lowest BCUT2D eigenvalue weighted by atomic mass is 10.1. The molecule has 2 heterocycles. The number of non-ortho nitro benzene ring substituents is 1. The highest BCUT2D eigenvalue weighted by atomic mass is 19.1. The van der Waals surface area contributed by atoms with Crippen molar-refractivity contribution in [3.05, 3.63) is 64.5 Å². The summed E-state index contributed by atoms with van der Waals surface area (Å²) < 4.78 is 13.1. The molecule has 0 spiro atoms. The fourth-order valence-electron chi connectivity index (χ4n) is 3.86. The number of benzene rings is 2. The molecule has 2 aliphatic heterocycles. The predicted octanol–water partition coefficient (Wildman–Crippen LogP) is 2.19. The Morgan fingerprint density at radius 3 is 2.31 bits per heavy atom. The van der Waals surface area contributed by atoms with Crippen LogP contribution in [0.25, 0.3) is 0 Å². The lowest BCUT2D eigenvalue weighted by Crippen LogP contribution is -2.52. The van der Waals surface area contributed by atoms with Crippen LogP contribution >= 0.6 is 0 Å². The van der Waals surface area contributed by atoms with Crippen LogP contribution in [0.3, 0.4) is 0 Å². The molecule has 0 aromatic heterocycles. The Morgan fingerprint density at radius 2 is 1.66 bits per heavy atom. The van der Waals surface area contributed by atoms with E-state index in [-0.39, 0.29) is 35.4 Å². The normalized spacial score (nSPS) is 20.4. The number of piperazine rings is 1. The summed E-state index contributed by atoms with van der Waals surface area (Å²) in [5.74, 6) is -1.00. The first-order valence-corrected chi connectivity index (χ1v) is 9.30. The largest absolute Gasteiger partial charge is 0.369 e. The SMILES string of the molecule is O=C1C[C@H](N2CCN(c3ccc(F)cc3)CC2)C(=O)N1c1cccc([N+](=O)[O-])c1. The van der Waals surface area contributed by atoms with Crippen molar-refractivity contribution in [2.24, 2.45) is 0 Å². The number of imide groups is 1. The Hall–Kier alpha value is -3.33. The number of carbonyl (C=O) groups excluding carboxylic acids is 2. The highest BCUT2D eigenvalue weighted by molar-refractivity contribution is 6.22. The summed E-state index contributed by atoms with van der Waals surface area (Å²) in [6.45, 7) is 2.48. The van der Waals surface area contributed by atoms with E-state index in [1.807, 2.05) is 4.90 Å². The van der Waals surface area contributed by atoms with Crippen molar-refractivity contribution in [2.45, 2.75) is 12.5 Å². The van der Waals surface area contributed by atoms with Crippen molar-refractivity contribution < 1.29 is 18.9 Å². The molecule has 29 heavy (non-hydrogen) atoms. The van der Waals surface area contributed by atoms with Gasteiger partial charge in [0.15, 0.2) is 0 Å². The lowest BCUT2D eigenvalue weighted by Gasteiger charge is -2.38. The molecule has 2 fully saturated rings. The van der Waals surface area contributed by atoms with E-state index in [4.69, 9.17) is 0 Å². The maximum absolute atomic E-state index is 13.1. The molecule has 0 N–H and O–H groups in total. The van der Waals surface area contributed by atoms with Gasteiger partial charge in [0.2, 0.25) is 5.91 Å². The van der Waals surface area contributed by atoms with E-state index in [1.165, 1.54) is 36.4 Å². The molecule has 0 radical (unpaired) electrons. The number of rotatable bonds is 4. The van der Waals surface area contributed by atoms with E-state index in [1.54, 1.807) is 12.1 Å². The molecular formula is C20H19FN4O4. The number of halogens is 1. The molecule has 2 saturated heterocycles. The molecule has 0 unspecified atom stereocenters. The minimum atomic E-state index is -0.572. The Morgan fingerprint density at radius 1 is 0.966 bits per heavy atom. The fraction of sp³-hybridized carbons (Fsp3) is 0.300. The topological polar surface area (TPSA) is 87.0 Å². The second-order valence-electron chi connectivity index (χ2n) is 7.06. The van der Waals surface area contributed by atoms with Crippen LogP contribution in [0.2, 0.25) is 0 Å². The van der Waals surface area contributed by atoms with Gasteiger partial charge in [0, 0.05) is 44.0 Å². The third-order valence-electron chi connectivity index (χ3n) is 5.37. The Kier molecular flexibility index (Phi) is 4.98. The van der Waals surface area contributed by atoms with Gasteiger partial charge in [-0.15, -0.1) is 0 Å². The molecule has 4 rings (SSSR count). The van der Waals surface area contributed by atoms with E-state index >= 15 is 0 Å². The number of carbonyl (C=O) groups is 2. The Bertz CT molecular complexity index is 957. The van der Waals surface area contributed by atoms with Gasteiger partial charge in [-0.3, -0.25) is 24.6 Å². The van der Waals surface area contributed by atoms with Gasteiger partial charge in [-0.25, -0.2) is 9.29 Å². The second-order valence-corrected chi connectivity index (χ2v) is 7.06. The zero-order chi connectivity index (χ0) is 20.5. The van der Waals surface area contributed by atoms with Crippen LogP contribution in [-0.4, -0.2) is 53.9 Å². The number of amides is 2. The molecule has 1 atom stereocenters. The number of hydrogen-bond acceptors (Lipinski definition) is 6. The van der Waals surface area contributed by atoms with Crippen molar-refractivity contribution >= 4 is 28.9 Å². The van der Waals surface area contributed by atoms with E-state index in [9.17, 15) is 24.1 Å². The number of hydrogen-bond donors (Lipinski definition) is 0. The lowest BCUT2D eigenvalue weighted by molar-refractivity contribution is -0.384. The molecule has 2 aromatic carbocycles. The molecule has 0 bridgehead atoms. The Labute approximate surface area is 166 Å². The minimum absolute atomic E-state index is 0.0536. The maximum Gasteiger partial charge on any atom is 0.271 e. The van der Waals surface area contributed by atoms with Crippen LogP contribution in [0.4, 0.5) is 21.5 Å². The Balaban J connectivity index is 1.45. The van der Waals surface area contributed by atoms with Gasteiger partial charge in [-0.1, -0.05) is 6.07 Å². The van der Waals surface area contributed by atoms with Crippen molar-refractivity contribution in [2.75, 3.05) is 36.0 Å². The summed E-state index contributed by atoms with van der Waals surface area (Å²) >= 11 is 0. The molecule has 9 heteroatoms. The van der Waals surface area contributed by atoms with Crippen LogP contribution in [0.1, 0.15) is 6.42 Å². The molecule has 2 aliphatic rings. The molecule has 8 nitrogen and oxygen atoms in total. The minimum Gasteiger partial charge on any atom is -0.369 e. The summed E-state index contributed by atoms with van der Waals surface area (Å²) in [6.07, 6.45) is 0.0536. The van der Waals surface area contributed by atoms with Crippen LogP contribution in [0.5, 0.6) is 0 Å². The fourth-order valence-corrected chi connectivity index (χ4v) is 3.86. The van der Waals surface area contributed by atoms with Crippen LogP contribution in [-0.2, 0) is 9.59 Å². The smallest absolute Gasteiger partial charge is 0.271 e. The molecule has 0 aliphatic carbocycles. The molecular weight excluding hydrogens is 379 g/mol. The van der Waals surface area contributed by atoms with Crippen molar-refractivity contribution in [1.29, 1.82) is 0 Å². The molecule has 2 amide bonds. The first-order chi connectivity index (χ1) is 13.9. The highest BCUT2D eigenvalue weighted by Crippen LogP contribution is 2.29. The van der Waals surface area contributed by atoms with Gasteiger partial charge < -0.3 is 4.90 Å². The first-order valence-electron chi connectivity index (χ1n) is 9.30. The molecule has 0 saturated carbocycles. The third-order valence-corrected chi connectivity index (χ3v) is 5.37. The average Bonchev–Trinajstić information content (AvgIpc) is 3.03. The highest BCUT2D eigenvalue weighted by Gasteiger charge is 2.43. The number of nitro groups is 1. The summed E-state index contributed by atoms with van der Waals surface area (Å²) in [7, 11) is 0. The summed E-state index contributed by atoms with van der Waals surface area (Å²) in [5.41, 5.74) is 0.971. The molecule has 150 valence electrons. The number of anilines is 2. The van der Waals surface area contributed by atoms with Gasteiger partial charge >= 0.3 is 0 Å². The van der Waals surface area contributed by atoms with E-state index in [0.717, 1.165) is 10.6 Å². The van der Waals surface area contributed by atoms with Crippen LogP contribution in [0, 0.1) is 15.9 Å². The predicted molar refractivity (Wildman–Crippen MR) is 104 cm³/mol. The van der Waals surface area contributed by atoms with Gasteiger partial charge in [0.05, 0.1) is 23.1 Å². The average molecular weight is 398 g/mol. The van der Waals surface area contributed by atoms with Crippen molar-refractivity contribution in [3.63, 3.8) is 0 Å². The quantitative estimate of drug-likeness (QED) is 0.446. The number of nitrogens with zero attached hydrogens (tertiary/aromatic N) is 4. The van der Waals surface area contributed by atoms with E-state index < -0.39 is 11.0 Å². The van der Waals surface area contributed by atoms with Gasteiger partial charge in [0.25, 0.3) is 11.6 Å². The van der Waals surface area contributed by atoms with Crippen molar-refractivity contribution in [3.8, 4) is 0 Å². The zero-order valence-electron chi connectivity index (χ0n) is 15.5. The number of nitro benzene ring substituents is 1. The van der Waals surface area contributed by atoms with Gasteiger partial charge in [-0.2, -0.15) is 0 Å². The van der Waals surface area contributed by atoms with E-state index in [0.29, 0.717) is 26.2 Å². The van der Waals surface area contributed by atoms with E-state index in [2.05, 4.69) is 4.90 Å². The van der Waals surface area contributed by atoms with Crippen molar-refractivity contribution in [1.82, 2.24) is 4.90 Å². The maximum atomic E-state index is 13.1. The second kappa shape index (κ2) is 7.59. The first kappa shape index (κ1) is 19.0. The van der Waals surface area contributed by atoms with Crippen LogP contribution < -0.4 is 9.80 Å². The summed E-state index contributed by atoms with van der Waals surface area (Å²) in [6, 6.07) is 11.2. The zero-order valence-corrected chi connectivity index (χ0v) is 15.5. The molecule has 2 aromatic rings. The monoisotopic (exact) mass is 398 g/mol. The summed E-state index contributed by atoms with van der Waals surface area (Å²) in [4.78, 5) is 41.0. The third kappa shape index (κ3) is 3.68. The van der Waals surface area contributed by atoms with Crippen LogP contribution in [0.15, 0.2) is 48.5 Å². The standard InChI is InChI=1S/C20H19FN4O4/c21-14-4-6-15(7-5-14)22-8-10-23(11-9-22)18-13-19(26)24(20(18)27)16-2-1-3-17(12-16)25(28)29/h1-7,12,18H,8-11,13H2/t18-/m0/s1.